The Balaban J connectivity index is 1.50. The number of hydrogen-bond acceptors (Lipinski definition) is 4. The van der Waals surface area contributed by atoms with Gasteiger partial charge in [0.15, 0.2) is 0 Å². The predicted molar refractivity (Wildman–Crippen MR) is 111 cm³/mol. The lowest BCUT2D eigenvalue weighted by Crippen LogP contribution is -2.36. The molecule has 0 saturated heterocycles. The number of rotatable bonds is 7. The Bertz CT molecular complexity index is 885. The Hall–Kier alpha value is -2.57. The van der Waals surface area contributed by atoms with Crippen LogP contribution >= 0.6 is 11.6 Å². The summed E-state index contributed by atoms with van der Waals surface area (Å²) in [4.78, 5) is 26.2. The minimum Gasteiger partial charge on any atom is -0.495 e. The summed E-state index contributed by atoms with van der Waals surface area (Å²) in [7, 11) is 3.24. The SMILES string of the molecule is COc1ccc(Cl)cc1NC(=O)CN(C)CC(=O)Nc1ccc2c(c1)CCC2. The van der Waals surface area contributed by atoms with Crippen molar-refractivity contribution in [3.63, 3.8) is 0 Å². The van der Waals surface area contributed by atoms with E-state index in [1.165, 1.54) is 24.7 Å². The molecule has 3 rings (SSSR count). The molecule has 0 atom stereocenters. The number of nitrogens with zero attached hydrogens (tertiary/aromatic N) is 1. The molecule has 148 valence electrons. The average Bonchev–Trinajstić information content (AvgIpc) is 3.09. The second-order valence-corrected chi connectivity index (χ2v) is 7.39. The second-order valence-electron chi connectivity index (χ2n) is 6.95. The highest BCUT2D eigenvalue weighted by Crippen LogP contribution is 2.27. The lowest BCUT2D eigenvalue weighted by Gasteiger charge is -2.17. The molecular weight excluding hydrogens is 378 g/mol. The van der Waals surface area contributed by atoms with Gasteiger partial charge in [-0.05, 0) is 67.8 Å². The number of carbonyl (C=O) groups excluding carboxylic acids is 2. The number of amides is 2. The Morgan fingerprint density at radius 3 is 2.50 bits per heavy atom. The van der Waals surface area contributed by atoms with Gasteiger partial charge < -0.3 is 15.4 Å². The fraction of sp³-hybridized carbons (Fsp3) is 0.333. The van der Waals surface area contributed by atoms with Crippen LogP contribution in [0.5, 0.6) is 5.75 Å². The summed E-state index contributed by atoms with van der Waals surface area (Å²) >= 11 is 5.97. The fourth-order valence-corrected chi connectivity index (χ4v) is 3.54. The third kappa shape index (κ3) is 5.24. The summed E-state index contributed by atoms with van der Waals surface area (Å²) < 4.78 is 5.22. The second kappa shape index (κ2) is 9.08. The summed E-state index contributed by atoms with van der Waals surface area (Å²) in [5.74, 6) is 0.108. The molecule has 0 saturated carbocycles. The van der Waals surface area contributed by atoms with Gasteiger partial charge >= 0.3 is 0 Å². The quantitative estimate of drug-likeness (QED) is 0.746. The molecule has 0 heterocycles. The van der Waals surface area contributed by atoms with E-state index in [4.69, 9.17) is 16.3 Å². The molecule has 0 radical (unpaired) electrons. The monoisotopic (exact) mass is 401 g/mol. The van der Waals surface area contributed by atoms with Gasteiger partial charge in [-0.2, -0.15) is 0 Å². The van der Waals surface area contributed by atoms with E-state index in [9.17, 15) is 9.59 Å². The largest absolute Gasteiger partial charge is 0.495 e. The molecule has 2 aromatic carbocycles. The highest BCUT2D eigenvalue weighted by Gasteiger charge is 2.15. The van der Waals surface area contributed by atoms with Gasteiger partial charge in [-0.3, -0.25) is 14.5 Å². The molecule has 0 unspecified atom stereocenters. The molecular formula is C21H24ClN3O3. The van der Waals surface area contributed by atoms with Crippen LogP contribution < -0.4 is 15.4 Å². The highest BCUT2D eigenvalue weighted by molar-refractivity contribution is 6.31. The number of anilines is 2. The zero-order chi connectivity index (χ0) is 20.1. The van der Waals surface area contributed by atoms with E-state index in [0.717, 1.165) is 18.5 Å². The summed E-state index contributed by atoms with van der Waals surface area (Å²) in [6.07, 6.45) is 3.34. The lowest BCUT2D eigenvalue weighted by molar-refractivity contribution is -0.119. The molecule has 1 aliphatic carbocycles. The summed E-state index contributed by atoms with van der Waals surface area (Å²) in [5.41, 5.74) is 3.97. The van der Waals surface area contributed by atoms with E-state index >= 15 is 0 Å². The van der Waals surface area contributed by atoms with Gasteiger partial charge in [0, 0.05) is 10.7 Å². The van der Waals surface area contributed by atoms with Gasteiger partial charge in [-0.25, -0.2) is 0 Å². The van der Waals surface area contributed by atoms with E-state index in [0.29, 0.717) is 16.5 Å². The zero-order valence-electron chi connectivity index (χ0n) is 16.0. The van der Waals surface area contributed by atoms with Crippen LogP contribution in [0.3, 0.4) is 0 Å². The van der Waals surface area contributed by atoms with Gasteiger partial charge in [0.05, 0.1) is 25.9 Å². The molecule has 0 aromatic heterocycles. The number of likely N-dealkylation sites (N-methyl/N-ethyl adjacent to an activating group) is 1. The van der Waals surface area contributed by atoms with E-state index in [-0.39, 0.29) is 24.9 Å². The molecule has 7 heteroatoms. The number of fused-ring (bicyclic) bond motifs is 1. The van der Waals surface area contributed by atoms with Gasteiger partial charge in [-0.1, -0.05) is 17.7 Å². The fourth-order valence-electron chi connectivity index (χ4n) is 3.36. The zero-order valence-corrected chi connectivity index (χ0v) is 16.8. The standard InChI is InChI=1S/C21H24ClN3O3/c1-25(13-21(27)24-18-11-16(22)7-9-19(18)28-2)12-20(26)23-17-8-6-14-4-3-5-15(14)10-17/h6-11H,3-5,12-13H2,1-2H3,(H,23,26)(H,24,27). The van der Waals surface area contributed by atoms with Crippen LogP contribution in [0.15, 0.2) is 36.4 Å². The van der Waals surface area contributed by atoms with Crippen molar-refractivity contribution in [1.82, 2.24) is 4.90 Å². The first-order valence-corrected chi connectivity index (χ1v) is 9.56. The van der Waals surface area contributed by atoms with Crippen molar-refractivity contribution >= 4 is 34.8 Å². The van der Waals surface area contributed by atoms with Crippen molar-refractivity contribution < 1.29 is 14.3 Å². The first-order chi connectivity index (χ1) is 13.4. The van der Waals surface area contributed by atoms with E-state index < -0.39 is 0 Å². The maximum atomic E-state index is 12.3. The number of ether oxygens (including phenoxy) is 1. The molecule has 0 fully saturated rings. The van der Waals surface area contributed by atoms with Crippen LogP contribution in [0.25, 0.3) is 0 Å². The molecule has 6 nitrogen and oxygen atoms in total. The number of hydrogen-bond donors (Lipinski definition) is 2. The molecule has 0 aliphatic heterocycles. The van der Waals surface area contributed by atoms with Crippen LogP contribution in [0.2, 0.25) is 5.02 Å². The van der Waals surface area contributed by atoms with E-state index in [1.54, 1.807) is 30.1 Å². The first-order valence-electron chi connectivity index (χ1n) is 9.18. The number of nitrogens with one attached hydrogen (secondary N) is 2. The minimum absolute atomic E-state index is 0.0628. The molecule has 2 N–H and O–H groups in total. The normalized spacial score (nSPS) is 12.6. The number of benzene rings is 2. The molecule has 28 heavy (non-hydrogen) atoms. The Morgan fingerprint density at radius 1 is 1.04 bits per heavy atom. The molecule has 0 bridgehead atoms. The molecule has 2 amide bonds. The van der Waals surface area contributed by atoms with Crippen molar-refractivity contribution in [3.8, 4) is 5.75 Å². The van der Waals surface area contributed by atoms with Crippen molar-refractivity contribution in [2.75, 3.05) is 37.9 Å². The maximum absolute atomic E-state index is 12.3. The topological polar surface area (TPSA) is 70.7 Å². The summed E-state index contributed by atoms with van der Waals surface area (Å²) in [5, 5.41) is 6.16. The first kappa shape index (κ1) is 20.2. The Labute approximate surface area is 169 Å². The number of carbonyl (C=O) groups is 2. The Morgan fingerprint density at radius 2 is 1.75 bits per heavy atom. The minimum atomic E-state index is -0.256. The van der Waals surface area contributed by atoms with Crippen LogP contribution in [0.4, 0.5) is 11.4 Å². The van der Waals surface area contributed by atoms with Crippen molar-refractivity contribution in [2.24, 2.45) is 0 Å². The van der Waals surface area contributed by atoms with E-state index in [2.05, 4.69) is 16.7 Å². The number of halogens is 1. The number of methoxy groups -OCH3 is 1. The van der Waals surface area contributed by atoms with E-state index in [1.807, 2.05) is 12.1 Å². The van der Waals surface area contributed by atoms with Crippen LogP contribution in [0.1, 0.15) is 17.5 Å². The molecule has 1 aliphatic rings. The van der Waals surface area contributed by atoms with Crippen molar-refractivity contribution in [2.45, 2.75) is 19.3 Å². The predicted octanol–water partition coefficient (Wildman–Crippen LogP) is 3.35. The lowest BCUT2D eigenvalue weighted by atomic mass is 10.1. The summed E-state index contributed by atoms with van der Waals surface area (Å²) in [6, 6.07) is 11.0. The summed E-state index contributed by atoms with van der Waals surface area (Å²) in [6.45, 7) is 0.171. The van der Waals surface area contributed by atoms with Crippen LogP contribution in [0, 0.1) is 0 Å². The van der Waals surface area contributed by atoms with Crippen LogP contribution in [-0.2, 0) is 22.4 Å². The average molecular weight is 402 g/mol. The van der Waals surface area contributed by atoms with Crippen LogP contribution in [-0.4, -0.2) is 44.0 Å². The third-order valence-electron chi connectivity index (χ3n) is 4.64. The van der Waals surface area contributed by atoms with Crippen molar-refractivity contribution in [3.05, 3.63) is 52.5 Å². The number of aryl methyl sites for hydroxylation is 2. The van der Waals surface area contributed by atoms with Gasteiger partial charge in [0.1, 0.15) is 5.75 Å². The maximum Gasteiger partial charge on any atom is 0.238 e. The third-order valence-corrected chi connectivity index (χ3v) is 4.88. The highest BCUT2D eigenvalue weighted by atomic mass is 35.5. The molecule has 0 spiro atoms. The van der Waals surface area contributed by atoms with Gasteiger partial charge in [-0.15, -0.1) is 0 Å². The Kier molecular flexibility index (Phi) is 6.54. The van der Waals surface area contributed by atoms with Crippen molar-refractivity contribution in [1.29, 1.82) is 0 Å². The van der Waals surface area contributed by atoms with Gasteiger partial charge in [0.25, 0.3) is 0 Å². The van der Waals surface area contributed by atoms with Gasteiger partial charge in [0.2, 0.25) is 11.8 Å². The smallest absolute Gasteiger partial charge is 0.238 e. The molecule has 2 aromatic rings.